The van der Waals surface area contributed by atoms with Gasteiger partial charge in [0, 0.05) is 17.9 Å². The van der Waals surface area contributed by atoms with E-state index in [4.69, 9.17) is 4.74 Å². The van der Waals surface area contributed by atoms with Crippen molar-refractivity contribution in [1.82, 2.24) is 10.6 Å². The molecule has 2 aliphatic rings. The van der Waals surface area contributed by atoms with E-state index in [1.165, 1.54) is 5.56 Å². The number of thioether (sulfide) groups is 1. The molecule has 7 nitrogen and oxygen atoms in total. The molecule has 3 atom stereocenters. The van der Waals surface area contributed by atoms with Crippen molar-refractivity contribution < 1.29 is 24.2 Å². The standard InChI is InChI=1S/C33H42N2O5S/c36-24-33(17-9-10-18-33)35-30(37)20-27-15-7-8-16-28(19-25-11-3-1-4-12-25)32(39)40-21-29(34-31(27)38)23-41-22-26-13-5-2-6-14-26/h1-8,11-14,27-29,36H,9-10,15-24H2,(H,34,38)(H,35,37)/t27-,28+,29-/m1/s1. The maximum absolute atomic E-state index is 13.5. The minimum atomic E-state index is -0.579. The lowest BCUT2D eigenvalue weighted by atomic mass is 9.93. The lowest BCUT2D eigenvalue weighted by Crippen LogP contribution is -2.50. The van der Waals surface area contributed by atoms with Crippen LogP contribution >= 0.6 is 11.8 Å². The number of nitrogens with one attached hydrogen (secondary N) is 2. The van der Waals surface area contributed by atoms with Crippen LogP contribution in [0.3, 0.4) is 0 Å². The Hall–Kier alpha value is -3.10. The van der Waals surface area contributed by atoms with E-state index >= 15 is 0 Å². The van der Waals surface area contributed by atoms with Gasteiger partial charge in [0.1, 0.15) is 6.61 Å². The molecule has 0 radical (unpaired) electrons. The molecule has 41 heavy (non-hydrogen) atoms. The van der Waals surface area contributed by atoms with Gasteiger partial charge < -0.3 is 20.5 Å². The van der Waals surface area contributed by atoms with Crippen molar-refractivity contribution in [1.29, 1.82) is 0 Å². The summed E-state index contributed by atoms with van der Waals surface area (Å²) in [5.74, 6) is -0.271. The third kappa shape index (κ3) is 9.75. The maximum atomic E-state index is 13.5. The number of benzene rings is 2. The first kappa shape index (κ1) is 30.8. The van der Waals surface area contributed by atoms with Crippen molar-refractivity contribution in [2.75, 3.05) is 19.0 Å². The van der Waals surface area contributed by atoms with Gasteiger partial charge in [-0.2, -0.15) is 11.8 Å². The van der Waals surface area contributed by atoms with Crippen LogP contribution in [0.25, 0.3) is 0 Å². The van der Waals surface area contributed by atoms with Crippen LogP contribution in [0.1, 0.15) is 56.1 Å². The molecular weight excluding hydrogens is 536 g/mol. The van der Waals surface area contributed by atoms with Gasteiger partial charge in [-0.25, -0.2) is 0 Å². The van der Waals surface area contributed by atoms with E-state index < -0.39 is 11.5 Å². The molecule has 0 saturated heterocycles. The zero-order chi connectivity index (χ0) is 28.9. The largest absolute Gasteiger partial charge is 0.463 e. The second-order valence-electron chi connectivity index (χ2n) is 11.3. The van der Waals surface area contributed by atoms with Crippen LogP contribution in [0, 0.1) is 11.8 Å². The monoisotopic (exact) mass is 578 g/mol. The first-order chi connectivity index (χ1) is 20.0. The maximum Gasteiger partial charge on any atom is 0.309 e. The zero-order valence-corrected chi connectivity index (χ0v) is 24.5. The minimum absolute atomic E-state index is 0.0367. The molecule has 2 aromatic carbocycles. The van der Waals surface area contributed by atoms with Crippen molar-refractivity contribution >= 4 is 29.5 Å². The molecular formula is C33H42N2O5S. The van der Waals surface area contributed by atoms with E-state index in [9.17, 15) is 19.5 Å². The van der Waals surface area contributed by atoms with Gasteiger partial charge in [0.2, 0.25) is 11.8 Å². The summed E-state index contributed by atoms with van der Waals surface area (Å²) in [5.41, 5.74) is 1.67. The van der Waals surface area contributed by atoms with Gasteiger partial charge >= 0.3 is 5.97 Å². The summed E-state index contributed by atoms with van der Waals surface area (Å²) in [7, 11) is 0. The molecule has 1 saturated carbocycles. The zero-order valence-electron chi connectivity index (χ0n) is 23.6. The number of amides is 2. The van der Waals surface area contributed by atoms with Crippen LogP contribution < -0.4 is 10.6 Å². The fourth-order valence-electron chi connectivity index (χ4n) is 5.55. The van der Waals surface area contributed by atoms with Crippen molar-refractivity contribution in [2.24, 2.45) is 11.8 Å². The Labute approximate surface area is 247 Å². The highest BCUT2D eigenvalue weighted by molar-refractivity contribution is 7.98. The van der Waals surface area contributed by atoms with Gasteiger partial charge in [0.05, 0.1) is 30.0 Å². The molecule has 3 N–H and O–H groups in total. The normalized spacial score (nSPS) is 23.1. The number of carbonyl (C=O) groups excluding carboxylic acids is 3. The molecule has 220 valence electrons. The van der Waals surface area contributed by atoms with E-state index in [1.54, 1.807) is 11.8 Å². The third-order valence-corrected chi connectivity index (χ3v) is 9.12. The van der Waals surface area contributed by atoms with E-state index in [0.717, 1.165) is 37.0 Å². The van der Waals surface area contributed by atoms with E-state index in [-0.39, 0.29) is 49.4 Å². The van der Waals surface area contributed by atoms with Crippen molar-refractivity contribution in [3.8, 4) is 0 Å². The molecule has 1 aliphatic heterocycles. The molecule has 8 heteroatoms. The van der Waals surface area contributed by atoms with Crippen molar-refractivity contribution in [3.05, 3.63) is 83.9 Å². The molecule has 1 heterocycles. The Balaban J connectivity index is 1.46. The van der Waals surface area contributed by atoms with Crippen LogP contribution in [0.2, 0.25) is 0 Å². The number of aliphatic hydroxyl groups is 1. The molecule has 0 aromatic heterocycles. The van der Waals surface area contributed by atoms with E-state index in [2.05, 4.69) is 22.8 Å². The number of carbonyl (C=O) groups is 3. The van der Waals surface area contributed by atoms with Crippen LogP contribution in [0.5, 0.6) is 0 Å². The summed E-state index contributed by atoms with van der Waals surface area (Å²) in [6, 6.07) is 19.6. The molecule has 1 fully saturated rings. The SMILES string of the molecule is O=C(C[C@H]1CC=CC[C@@H](Cc2ccccc2)C(=O)OC[C@H](CSCc2ccccc2)NC1=O)NC1(CO)CCCC1. The highest BCUT2D eigenvalue weighted by atomic mass is 32.2. The lowest BCUT2D eigenvalue weighted by molar-refractivity contribution is -0.149. The Kier molecular flexibility index (Phi) is 11.9. The number of cyclic esters (lactones) is 1. The summed E-state index contributed by atoms with van der Waals surface area (Å²) in [6.45, 7) is -0.0156. The van der Waals surface area contributed by atoms with E-state index in [1.807, 2.05) is 60.7 Å². The quantitative estimate of drug-likeness (QED) is 0.282. The summed E-state index contributed by atoms with van der Waals surface area (Å²) in [4.78, 5) is 39.7. The smallest absolute Gasteiger partial charge is 0.309 e. The number of rotatable bonds is 10. The summed E-state index contributed by atoms with van der Waals surface area (Å²) >= 11 is 1.67. The predicted molar refractivity (Wildman–Crippen MR) is 162 cm³/mol. The molecule has 1 aliphatic carbocycles. The summed E-state index contributed by atoms with van der Waals surface area (Å²) < 4.78 is 5.79. The molecule has 4 rings (SSSR count). The molecule has 2 amide bonds. The molecule has 2 aromatic rings. The van der Waals surface area contributed by atoms with E-state index in [0.29, 0.717) is 25.0 Å². The number of allylic oxidation sites excluding steroid dienone is 2. The molecule has 0 unspecified atom stereocenters. The topological polar surface area (TPSA) is 105 Å². The summed E-state index contributed by atoms with van der Waals surface area (Å²) in [6.07, 6.45) is 8.76. The predicted octanol–water partition coefficient (Wildman–Crippen LogP) is 4.58. The first-order valence-electron chi connectivity index (χ1n) is 14.7. The molecule has 0 spiro atoms. The van der Waals surface area contributed by atoms with Crippen LogP contribution in [0.15, 0.2) is 72.8 Å². The van der Waals surface area contributed by atoms with Gasteiger partial charge in [-0.1, -0.05) is 85.7 Å². The van der Waals surface area contributed by atoms with Crippen LogP contribution in [-0.4, -0.2) is 53.4 Å². The number of hydrogen-bond donors (Lipinski definition) is 3. The van der Waals surface area contributed by atoms with Crippen LogP contribution in [-0.2, 0) is 31.3 Å². The average Bonchev–Trinajstić information content (AvgIpc) is 3.45. The van der Waals surface area contributed by atoms with Gasteiger partial charge in [-0.3, -0.25) is 14.4 Å². The number of ether oxygens (including phenoxy) is 1. The van der Waals surface area contributed by atoms with Crippen LogP contribution in [0.4, 0.5) is 0 Å². The van der Waals surface area contributed by atoms with Gasteiger partial charge in [-0.15, -0.1) is 0 Å². The summed E-state index contributed by atoms with van der Waals surface area (Å²) in [5, 5.41) is 16.0. The first-order valence-corrected chi connectivity index (χ1v) is 15.8. The average molecular weight is 579 g/mol. The Morgan fingerprint density at radius 1 is 0.951 bits per heavy atom. The Morgan fingerprint density at radius 3 is 2.24 bits per heavy atom. The number of esters is 1. The highest BCUT2D eigenvalue weighted by Gasteiger charge is 2.35. The number of hydrogen-bond acceptors (Lipinski definition) is 6. The highest BCUT2D eigenvalue weighted by Crippen LogP contribution is 2.29. The van der Waals surface area contributed by atoms with Crippen molar-refractivity contribution in [2.45, 2.75) is 68.7 Å². The fourth-order valence-corrected chi connectivity index (χ4v) is 6.56. The van der Waals surface area contributed by atoms with Gasteiger partial charge in [-0.05, 0) is 43.2 Å². The van der Waals surface area contributed by atoms with Gasteiger partial charge in [0.25, 0.3) is 0 Å². The second-order valence-corrected chi connectivity index (χ2v) is 12.3. The van der Waals surface area contributed by atoms with Gasteiger partial charge in [0.15, 0.2) is 0 Å². The fraction of sp³-hybridized carbons (Fsp3) is 0.485. The molecule has 0 bridgehead atoms. The third-order valence-electron chi connectivity index (χ3n) is 7.94. The Morgan fingerprint density at radius 2 is 1.59 bits per heavy atom. The Bertz CT molecular complexity index is 1150. The lowest BCUT2D eigenvalue weighted by Gasteiger charge is -2.29. The minimum Gasteiger partial charge on any atom is -0.463 e. The van der Waals surface area contributed by atoms with Crippen molar-refractivity contribution in [3.63, 3.8) is 0 Å². The second kappa shape index (κ2) is 15.8. The number of aliphatic hydroxyl groups excluding tert-OH is 1.